The molecular weight excluding hydrogens is 911 g/mol. The van der Waals surface area contributed by atoms with E-state index in [0.717, 1.165) is 37.7 Å². The molecule has 0 saturated heterocycles. The van der Waals surface area contributed by atoms with Crippen LogP contribution in [0.1, 0.15) is 230 Å². The molecular formula is C62H115N5O6. The van der Waals surface area contributed by atoms with Gasteiger partial charge in [0.15, 0.2) is 11.6 Å². The average molecular weight is 1030 g/mol. The minimum Gasteiger partial charge on any atom is -0.356 e. The van der Waals surface area contributed by atoms with E-state index in [1.54, 1.807) is 0 Å². The van der Waals surface area contributed by atoms with Crippen LogP contribution < -0.4 is 27.0 Å². The predicted molar refractivity (Wildman–Crippen MR) is 309 cm³/mol. The van der Waals surface area contributed by atoms with Gasteiger partial charge in [-0.1, -0.05) is 134 Å². The monoisotopic (exact) mass is 1030 g/mol. The molecule has 424 valence electrons. The van der Waals surface area contributed by atoms with Crippen molar-refractivity contribution in [1.29, 1.82) is 0 Å². The first kappa shape index (κ1) is 72.0. The summed E-state index contributed by atoms with van der Waals surface area (Å²) < 4.78 is 0. The second kappa shape index (κ2) is 32.5. The van der Waals surface area contributed by atoms with E-state index in [1.807, 2.05) is 127 Å². The molecule has 0 radical (unpaired) electrons. The molecule has 11 nitrogen and oxygen atoms in total. The van der Waals surface area contributed by atoms with E-state index in [0.29, 0.717) is 56.5 Å². The van der Waals surface area contributed by atoms with Crippen LogP contribution in [-0.2, 0) is 35.2 Å². The van der Waals surface area contributed by atoms with Crippen LogP contribution in [0.25, 0.3) is 0 Å². The first-order chi connectivity index (χ1) is 32.9. The third kappa shape index (κ3) is 34.2. The predicted octanol–water partition coefficient (Wildman–Crippen LogP) is 12.2. The van der Waals surface area contributed by atoms with E-state index >= 15 is 0 Å². The van der Waals surface area contributed by atoms with Crippen molar-refractivity contribution >= 4 is 34.8 Å². The maximum atomic E-state index is 13.3. The molecule has 1 amide bonds. The van der Waals surface area contributed by atoms with E-state index in [4.69, 9.17) is 5.73 Å². The van der Waals surface area contributed by atoms with E-state index < -0.39 is 10.8 Å². The topological polar surface area (TPSA) is 177 Å². The number of nitrogens with two attached hydrogens (primary N) is 1. The van der Waals surface area contributed by atoms with Crippen molar-refractivity contribution in [2.24, 2.45) is 51.6 Å². The lowest BCUT2D eigenvalue weighted by Crippen LogP contribution is -2.51. The van der Waals surface area contributed by atoms with E-state index in [9.17, 15) is 28.8 Å². The molecule has 0 saturated carbocycles. The number of nitrogens with one attached hydrogen (secondary N) is 4. The van der Waals surface area contributed by atoms with E-state index in [2.05, 4.69) is 83.6 Å². The average Bonchev–Trinajstić information content (AvgIpc) is 3.22. The Balaban J connectivity index is 0. The zero-order chi connectivity index (χ0) is 57.5. The third-order valence-electron chi connectivity index (χ3n) is 12.6. The van der Waals surface area contributed by atoms with Crippen LogP contribution in [0.5, 0.6) is 0 Å². The molecule has 0 aliphatic carbocycles. The van der Waals surface area contributed by atoms with Crippen LogP contribution in [-0.4, -0.2) is 82.7 Å². The van der Waals surface area contributed by atoms with Crippen molar-refractivity contribution in [3.8, 4) is 0 Å². The summed E-state index contributed by atoms with van der Waals surface area (Å²) in [6.07, 6.45) is 7.02. The lowest BCUT2D eigenvalue weighted by atomic mass is 9.77. The Kier molecular flexibility index (Phi) is 32.0. The Labute approximate surface area is 448 Å². The van der Waals surface area contributed by atoms with Gasteiger partial charge in [0, 0.05) is 83.0 Å². The Morgan fingerprint density at radius 3 is 1.33 bits per heavy atom. The SMILES string of the molecule is CC(=O)NCCCC(CC(=O)C(NC(C)(C)C)C(C)C)C(=O)C(C)(C)C.CC(C)(C)NC(Cc1ccccc1)C(=O)CC(CCCCN)C(=O)C(C)(C)C.CC(CCC(NC(C)(C)C)C(C)C)C(=O)C(C)(C)C. The Hall–Kier alpha value is -3.12. The molecule has 11 heteroatoms. The van der Waals surface area contributed by atoms with Gasteiger partial charge in [-0.2, -0.15) is 0 Å². The molecule has 0 heterocycles. The molecule has 6 N–H and O–H groups in total. The Morgan fingerprint density at radius 1 is 0.507 bits per heavy atom. The molecule has 1 rings (SSSR count). The van der Waals surface area contributed by atoms with Crippen molar-refractivity contribution in [3.05, 3.63) is 35.9 Å². The molecule has 0 spiro atoms. The van der Waals surface area contributed by atoms with Gasteiger partial charge < -0.3 is 27.0 Å². The van der Waals surface area contributed by atoms with E-state index in [1.165, 1.54) is 6.92 Å². The van der Waals surface area contributed by atoms with Crippen molar-refractivity contribution in [3.63, 3.8) is 0 Å². The van der Waals surface area contributed by atoms with Crippen LogP contribution in [0.4, 0.5) is 0 Å². The van der Waals surface area contributed by atoms with Gasteiger partial charge in [0.05, 0.1) is 12.1 Å². The zero-order valence-electron chi connectivity index (χ0n) is 51.5. The molecule has 6 unspecified atom stereocenters. The summed E-state index contributed by atoms with van der Waals surface area (Å²) in [6, 6.07) is 9.97. The standard InChI is InChI=1S/C24H40N2O2.C21H40N2O3.C17H35NO/c1-23(2,3)22(28)19(14-10-11-15-25)17-21(27)20(26-24(4,5)6)16-18-12-8-7-9-13-18;1-14(2)18(23-21(7,8)9)17(25)13-16(19(26)20(4,5)6)11-10-12-22-15(3)24;1-12(2)14(18-17(7,8)9)11-10-13(3)15(19)16(4,5)6/h7-9,12-13,19-20,26H,10-11,14-17,25H2,1-6H3;14,16,18,23H,10-13H2,1-9H3,(H,22,24);12-14,18H,10-11H2,1-9H3. The quantitative estimate of drug-likeness (QED) is 0.0533. The van der Waals surface area contributed by atoms with Gasteiger partial charge >= 0.3 is 0 Å². The number of unbranched alkanes of at least 4 members (excludes halogenated alkanes) is 1. The van der Waals surface area contributed by atoms with Crippen LogP contribution >= 0.6 is 0 Å². The van der Waals surface area contributed by atoms with E-state index in [-0.39, 0.29) is 93.2 Å². The minimum atomic E-state index is -0.482. The highest BCUT2D eigenvalue weighted by molar-refractivity contribution is 5.93. The molecule has 0 aliphatic rings. The van der Waals surface area contributed by atoms with Gasteiger partial charge in [-0.05, 0) is 131 Å². The highest BCUT2D eigenvalue weighted by Crippen LogP contribution is 2.29. The lowest BCUT2D eigenvalue weighted by Gasteiger charge is -2.32. The molecule has 0 aromatic heterocycles. The smallest absolute Gasteiger partial charge is 0.216 e. The summed E-state index contributed by atoms with van der Waals surface area (Å²) in [7, 11) is 0. The zero-order valence-corrected chi connectivity index (χ0v) is 51.5. The summed E-state index contributed by atoms with van der Waals surface area (Å²) in [4.78, 5) is 75.3. The fraction of sp³-hybridized carbons (Fsp3) is 0.806. The number of carbonyl (C=O) groups excluding carboxylic acids is 6. The highest BCUT2D eigenvalue weighted by Gasteiger charge is 2.36. The molecule has 6 atom stereocenters. The third-order valence-corrected chi connectivity index (χ3v) is 12.6. The molecule has 0 fully saturated rings. The largest absolute Gasteiger partial charge is 0.356 e. The maximum Gasteiger partial charge on any atom is 0.216 e. The molecule has 0 aliphatic heterocycles. The van der Waals surface area contributed by atoms with Crippen LogP contribution in [0, 0.1) is 45.8 Å². The second-order valence-corrected chi connectivity index (χ2v) is 28.0. The summed E-state index contributed by atoms with van der Waals surface area (Å²) >= 11 is 0. The fourth-order valence-electron chi connectivity index (χ4n) is 8.91. The molecule has 1 aromatic rings. The van der Waals surface area contributed by atoms with Gasteiger partial charge in [0.25, 0.3) is 0 Å². The van der Waals surface area contributed by atoms with Crippen molar-refractivity contribution in [1.82, 2.24) is 21.3 Å². The number of benzene rings is 1. The number of hydrogen-bond donors (Lipinski definition) is 5. The Morgan fingerprint density at radius 2 is 0.945 bits per heavy atom. The van der Waals surface area contributed by atoms with Gasteiger partial charge in [0.2, 0.25) is 5.91 Å². The number of hydrogen-bond acceptors (Lipinski definition) is 10. The molecule has 73 heavy (non-hydrogen) atoms. The highest BCUT2D eigenvalue weighted by atomic mass is 16.2. The van der Waals surface area contributed by atoms with Crippen molar-refractivity contribution in [2.45, 2.75) is 265 Å². The summed E-state index contributed by atoms with van der Waals surface area (Å²) in [5.41, 5.74) is 5.38. The fourth-order valence-corrected chi connectivity index (χ4v) is 8.91. The normalized spacial score (nSPS) is 15.2. The number of carbonyl (C=O) groups is 6. The summed E-state index contributed by atoms with van der Waals surface area (Å²) in [5.74, 6) is 1.18. The van der Waals surface area contributed by atoms with Crippen molar-refractivity contribution < 1.29 is 28.8 Å². The molecule has 1 aromatic carbocycles. The van der Waals surface area contributed by atoms with Gasteiger partial charge in [-0.25, -0.2) is 0 Å². The summed E-state index contributed by atoms with van der Waals surface area (Å²) in [5, 5.41) is 13.3. The van der Waals surface area contributed by atoms with Gasteiger partial charge in [-0.3, -0.25) is 28.8 Å². The number of amides is 1. The van der Waals surface area contributed by atoms with Gasteiger partial charge in [-0.15, -0.1) is 0 Å². The first-order valence-corrected chi connectivity index (χ1v) is 27.9. The van der Waals surface area contributed by atoms with Crippen LogP contribution in [0.2, 0.25) is 0 Å². The van der Waals surface area contributed by atoms with Crippen LogP contribution in [0.3, 0.4) is 0 Å². The molecule has 0 bridgehead atoms. The number of Topliss-reactive ketones (excluding diaryl/α,β-unsaturated/α-hetero) is 5. The maximum absolute atomic E-state index is 13.3. The number of rotatable bonds is 27. The first-order valence-electron chi connectivity index (χ1n) is 27.9. The lowest BCUT2D eigenvalue weighted by molar-refractivity contribution is -0.134. The Bertz CT molecular complexity index is 1780. The number of ketones is 5. The second-order valence-electron chi connectivity index (χ2n) is 28.0. The van der Waals surface area contributed by atoms with Gasteiger partial charge in [0.1, 0.15) is 17.3 Å². The minimum absolute atomic E-state index is 0.0750. The van der Waals surface area contributed by atoms with Crippen LogP contribution in [0.15, 0.2) is 30.3 Å². The van der Waals surface area contributed by atoms with Crippen molar-refractivity contribution in [2.75, 3.05) is 13.1 Å². The summed E-state index contributed by atoms with van der Waals surface area (Å²) in [6.45, 7) is 49.7.